The van der Waals surface area contributed by atoms with E-state index in [0.29, 0.717) is 0 Å². The molecule has 1 unspecified atom stereocenters. The van der Waals surface area contributed by atoms with Gasteiger partial charge >= 0.3 is 0 Å². The van der Waals surface area contributed by atoms with Gasteiger partial charge in [-0.05, 0) is 38.3 Å². The molecule has 1 aliphatic rings. The van der Waals surface area contributed by atoms with Gasteiger partial charge in [-0.15, -0.1) is 0 Å². The Bertz CT molecular complexity index is 157. The van der Waals surface area contributed by atoms with Crippen LogP contribution in [0.25, 0.3) is 0 Å². The summed E-state index contributed by atoms with van der Waals surface area (Å²) in [6, 6.07) is 0.465. The second-order valence-corrected chi connectivity index (χ2v) is 4.49. The minimum atomic E-state index is 0.226. The Kier molecular flexibility index (Phi) is 4.85. The van der Waals surface area contributed by atoms with E-state index in [1.54, 1.807) is 0 Å². The molecule has 1 saturated carbocycles. The summed E-state index contributed by atoms with van der Waals surface area (Å²) in [5.41, 5.74) is 11.9. The van der Waals surface area contributed by atoms with Crippen molar-refractivity contribution in [2.45, 2.75) is 45.2 Å². The summed E-state index contributed by atoms with van der Waals surface area (Å²) in [5, 5.41) is 0. The van der Waals surface area contributed by atoms with Gasteiger partial charge in [-0.3, -0.25) is 0 Å². The van der Waals surface area contributed by atoms with Gasteiger partial charge in [-0.25, -0.2) is 0 Å². The molecule has 0 aromatic heterocycles. The molecule has 0 spiro atoms. The summed E-state index contributed by atoms with van der Waals surface area (Å²) in [6.45, 7) is 7.94. The van der Waals surface area contributed by atoms with Crippen molar-refractivity contribution in [2.24, 2.45) is 17.4 Å². The van der Waals surface area contributed by atoms with Crippen LogP contribution < -0.4 is 11.5 Å². The summed E-state index contributed by atoms with van der Waals surface area (Å²) in [5.74, 6) is 0.768. The first-order valence-corrected chi connectivity index (χ1v) is 5.90. The molecule has 1 fully saturated rings. The second kappa shape index (κ2) is 5.69. The fraction of sp³-hybridized carbons (Fsp3) is 1.00. The number of hydrogen-bond acceptors (Lipinski definition) is 3. The molecule has 3 atom stereocenters. The van der Waals surface area contributed by atoms with Crippen molar-refractivity contribution in [1.82, 2.24) is 4.90 Å². The van der Waals surface area contributed by atoms with E-state index < -0.39 is 0 Å². The molecule has 1 aliphatic carbocycles. The van der Waals surface area contributed by atoms with Crippen LogP contribution in [-0.2, 0) is 0 Å². The normalized spacial score (nSPS) is 33.6. The molecule has 0 aromatic rings. The quantitative estimate of drug-likeness (QED) is 0.703. The van der Waals surface area contributed by atoms with E-state index in [4.69, 9.17) is 11.5 Å². The highest BCUT2D eigenvalue weighted by molar-refractivity contribution is 4.86. The van der Waals surface area contributed by atoms with Gasteiger partial charge in [0.25, 0.3) is 0 Å². The molecule has 4 N–H and O–H groups in total. The Balaban J connectivity index is 2.32. The Morgan fingerprint density at radius 1 is 1.07 bits per heavy atom. The zero-order valence-corrected chi connectivity index (χ0v) is 9.58. The Labute approximate surface area is 87.8 Å². The zero-order valence-electron chi connectivity index (χ0n) is 9.58. The number of nitrogens with zero attached hydrogens (tertiary/aromatic N) is 1. The lowest BCUT2D eigenvalue weighted by Gasteiger charge is -2.34. The molecule has 0 saturated heterocycles. The lowest BCUT2D eigenvalue weighted by molar-refractivity contribution is 0.196. The SMILES string of the molecule is CCN(CC)CC1CC[C@H](N)[C@H](N)C1. The first-order valence-electron chi connectivity index (χ1n) is 5.90. The average Bonchev–Trinajstić information content (AvgIpc) is 2.19. The average molecular weight is 199 g/mol. The van der Waals surface area contributed by atoms with Crippen LogP contribution in [0.3, 0.4) is 0 Å². The molecule has 0 bridgehead atoms. The predicted molar refractivity (Wildman–Crippen MR) is 61.1 cm³/mol. The molecule has 0 heterocycles. The fourth-order valence-electron chi connectivity index (χ4n) is 2.33. The highest BCUT2D eigenvalue weighted by atomic mass is 15.1. The fourth-order valence-corrected chi connectivity index (χ4v) is 2.33. The second-order valence-electron chi connectivity index (χ2n) is 4.49. The summed E-state index contributed by atoms with van der Waals surface area (Å²) < 4.78 is 0. The molecule has 84 valence electrons. The minimum absolute atomic E-state index is 0.226. The van der Waals surface area contributed by atoms with Crippen molar-refractivity contribution >= 4 is 0 Å². The lowest BCUT2D eigenvalue weighted by Crippen LogP contribution is -2.47. The van der Waals surface area contributed by atoms with E-state index in [0.717, 1.165) is 31.8 Å². The minimum Gasteiger partial charge on any atom is -0.326 e. The van der Waals surface area contributed by atoms with Crippen molar-refractivity contribution < 1.29 is 0 Å². The van der Waals surface area contributed by atoms with Crippen LogP contribution in [-0.4, -0.2) is 36.6 Å². The maximum absolute atomic E-state index is 5.98. The van der Waals surface area contributed by atoms with Crippen molar-refractivity contribution in [3.05, 3.63) is 0 Å². The molecule has 0 aromatic carbocycles. The van der Waals surface area contributed by atoms with Gasteiger partial charge < -0.3 is 16.4 Å². The number of nitrogens with two attached hydrogens (primary N) is 2. The number of hydrogen-bond donors (Lipinski definition) is 2. The van der Waals surface area contributed by atoms with Gasteiger partial charge in [-0.1, -0.05) is 13.8 Å². The van der Waals surface area contributed by atoms with Crippen LogP contribution in [0.15, 0.2) is 0 Å². The third-order valence-electron chi connectivity index (χ3n) is 3.47. The first kappa shape index (κ1) is 12.0. The van der Waals surface area contributed by atoms with Crippen LogP contribution in [0.5, 0.6) is 0 Å². The monoisotopic (exact) mass is 199 g/mol. The molecular weight excluding hydrogens is 174 g/mol. The van der Waals surface area contributed by atoms with Crippen molar-refractivity contribution in [3.63, 3.8) is 0 Å². The van der Waals surface area contributed by atoms with Crippen LogP contribution >= 0.6 is 0 Å². The smallest absolute Gasteiger partial charge is 0.0195 e. The Morgan fingerprint density at radius 2 is 1.71 bits per heavy atom. The zero-order chi connectivity index (χ0) is 10.6. The topological polar surface area (TPSA) is 55.3 Å². The van der Waals surface area contributed by atoms with Gasteiger partial charge in [-0.2, -0.15) is 0 Å². The molecule has 0 amide bonds. The summed E-state index contributed by atoms with van der Waals surface area (Å²) in [4.78, 5) is 2.48. The van der Waals surface area contributed by atoms with Gasteiger partial charge in [0.15, 0.2) is 0 Å². The Hall–Kier alpha value is -0.120. The molecule has 3 heteroatoms. The first-order chi connectivity index (χ1) is 6.67. The highest BCUT2D eigenvalue weighted by Crippen LogP contribution is 2.23. The van der Waals surface area contributed by atoms with Crippen LogP contribution in [0.1, 0.15) is 33.1 Å². The van der Waals surface area contributed by atoms with Gasteiger partial charge in [0.05, 0.1) is 0 Å². The standard InChI is InChI=1S/C11H25N3/c1-3-14(4-2)8-9-5-6-10(12)11(13)7-9/h9-11H,3-8,12-13H2,1-2H3/t9?,10-,11+/m0/s1. The van der Waals surface area contributed by atoms with Gasteiger partial charge in [0, 0.05) is 18.6 Å². The molecular formula is C11H25N3. The third-order valence-corrected chi connectivity index (χ3v) is 3.47. The van der Waals surface area contributed by atoms with E-state index in [1.165, 1.54) is 13.0 Å². The molecule has 0 aliphatic heterocycles. The van der Waals surface area contributed by atoms with Crippen molar-refractivity contribution in [3.8, 4) is 0 Å². The van der Waals surface area contributed by atoms with E-state index >= 15 is 0 Å². The van der Waals surface area contributed by atoms with Crippen molar-refractivity contribution in [2.75, 3.05) is 19.6 Å². The third kappa shape index (κ3) is 3.23. The van der Waals surface area contributed by atoms with E-state index in [1.807, 2.05) is 0 Å². The predicted octanol–water partition coefficient (Wildman–Crippen LogP) is 0.783. The largest absolute Gasteiger partial charge is 0.326 e. The van der Waals surface area contributed by atoms with Crippen LogP contribution in [0, 0.1) is 5.92 Å². The lowest BCUT2D eigenvalue weighted by atomic mass is 9.83. The maximum Gasteiger partial charge on any atom is 0.0195 e. The Morgan fingerprint density at radius 3 is 2.21 bits per heavy atom. The maximum atomic E-state index is 5.98. The highest BCUT2D eigenvalue weighted by Gasteiger charge is 2.25. The van der Waals surface area contributed by atoms with Gasteiger partial charge in [0.2, 0.25) is 0 Å². The van der Waals surface area contributed by atoms with Crippen LogP contribution in [0.4, 0.5) is 0 Å². The summed E-state index contributed by atoms with van der Waals surface area (Å²) in [7, 11) is 0. The van der Waals surface area contributed by atoms with Crippen LogP contribution in [0.2, 0.25) is 0 Å². The molecule has 1 rings (SSSR count). The van der Waals surface area contributed by atoms with Crippen molar-refractivity contribution in [1.29, 1.82) is 0 Å². The van der Waals surface area contributed by atoms with Gasteiger partial charge in [0.1, 0.15) is 0 Å². The summed E-state index contributed by atoms with van der Waals surface area (Å²) in [6.07, 6.45) is 3.47. The molecule has 0 radical (unpaired) electrons. The van der Waals surface area contributed by atoms with E-state index in [9.17, 15) is 0 Å². The molecule has 3 nitrogen and oxygen atoms in total. The molecule has 14 heavy (non-hydrogen) atoms. The number of rotatable bonds is 4. The summed E-state index contributed by atoms with van der Waals surface area (Å²) >= 11 is 0. The van der Waals surface area contributed by atoms with E-state index in [2.05, 4.69) is 18.7 Å². The van der Waals surface area contributed by atoms with E-state index in [-0.39, 0.29) is 12.1 Å².